The summed E-state index contributed by atoms with van der Waals surface area (Å²) in [4.78, 5) is 15.3. The van der Waals surface area contributed by atoms with E-state index in [-0.39, 0.29) is 5.92 Å². The van der Waals surface area contributed by atoms with Crippen LogP contribution in [-0.2, 0) is 6.54 Å². The van der Waals surface area contributed by atoms with Gasteiger partial charge in [-0.1, -0.05) is 78.9 Å². The molecule has 0 aliphatic carbocycles. The molecule has 3 aromatic carbocycles. The summed E-state index contributed by atoms with van der Waals surface area (Å²) in [5.74, 6) is -1.01. The van der Waals surface area contributed by atoms with Crippen LogP contribution in [-0.4, -0.2) is 40.2 Å². The molecule has 0 bridgehead atoms. The minimum Gasteiger partial charge on any atom is -0.477 e. The third kappa shape index (κ3) is 4.31. The molecule has 0 atom stereocenters. The summed E-state index contributed by atoms with van der Waals surface area (Å²) >= 11 is 0. The van der Waals surface area contributed by atoms with Crippen LogP contribution in [0.1, 0.15) is 52.4 Å². The van der Waals surface area contributed by atoms with Crippen molar-refractivity contribution in [2.24, 2.45) is 0 Å². The Morgan fingerprint density at radius 3 is 1.97 bits per heavy atom. The number of hydrogen-bond donors (Lipinski definition) is 1. The number of likely N-dealkylation sites (tertiary alicyclic amines) is 1. The molecule has 0 saturated carbocycles. The minimum atomic E-state index is -0.862. The molecule has 1 aliphatic rings. The number of carboxylic acids is 1. The predicted octanol–water partition coefficient (Wildman–Crippen LogP) is 6.01. The number of fused-ring (bicyclic) bond motifs is 1. The van der Waals surface area contributed by atoms with Crippen molar-refractivity contribution in [2.45, 2.75) is 31.7 Å². The van der Waals surface area contributed by atoms with Crippen LogP contribution >= 0.6 is 0 Å². The number of hydrogen-bond acceptors (Lipinski definition) is 2. The summed E-state index contributed by atoms with van der Waals surface area (Å²) in [6.45, 7) is 4.04. The van der Waals surface area contributed by atoms with Crippen molar-refractivity contribution in [3.8, 4) is 0 Å². The Morgan fingerprint density at radius 2 is 1.36 bits per heavy atom. The number of rotatable bonds is 8. The van der Waals surface area contributed by atoms with Crippen LogP contribution in [0.25, 0.3) is 10.9 Å². The summed E-state index contributed by atoms with van der Waals surface area (Å²) in [6, 6.07) is 28.7. The molecule has 2 heterocycles. The highest BCUT2D eigenvalue weighted by molar-refractivity contribution is 5.99. The number of benzene rings is 3. The van der Waals surface area contributed by atoms with Crippen molar-refractivity contribution in [1.82, 2.24) is 9.47 Å². The SMILES string of the molecule is O=C(O)c1c(C(c2ccccc2)c2ccccc2)c2ccccc2n1CCCN1CCCC1. The zero-order valence-electron chi connectivity index (χ0n) is 18.9. The second-order valence-corrected chi connectivity index (χ2v) is 8.89. The molecule has 1 N–H and O–H groups in total. The van der Waals surface area contributed by atoms with Gasteiger partial charge in [-0.3, -0.25) is 0 Å². The summed E-state index contributed by atoms with van der Waals surface area (Å²) in [5.41, 5.74) is 4.51. The van der Waals surface area contributed by atoms with Gasteiger partial charge in [-0.25, -0.2) is 4.79 Å². The molecule has 0 spiro atoms. The number of aryl methyl sites for hydroxylation is 1. The Labute approximate surface area is 195 Å². The Kier molecular flexibility index (Phi) is 6.27. The number of carbonyl (C=O) groups is 1. The molecule has 1 aliphatic heterocycles. The number of nitrogens with zero attached hydrogens (tertiary/aromatic N) is 2. The zero-order valence-corrected chi connectivity index (χ0v) is 18.9. The third-order valence-electron chi connectivity index (χ3n) is 6.82. The van der Waals surface area contributed by atoms with E-state index < -0.39 is 5.97 Å². The fourth-order valence-electron chi connectivity index (χ4n) is 5.36. The van der Waals surface area contributed by atoms with E-state index in [2.05, 4.69) is 41.3 Å². The van der Waals surface area contributed by atoms with Crippen molar-refractivity contribution < 1.29 is 9.90 Å². The van der Waals surface area contributed by atoms with Crippen LogP contribution in [0.3, 0.4) is 0 Å². The molecule has 4 nitrogen and oxygen atoms in total. The molecule has 33 heavy (non-hydrogen) atoms. The zero-order chi connectivity index (χ0) is 22.6. The highest BCUT2D eigenvalue weighted by Gasteiger charge is 2.29. The van der Waals surface area contributed by atoms with Gasteiger partial charge in [0, 0.05) is 28.9 Å². The first-order valence-electron chi connectivity index (χ1n) is 11.9. The first-order chi connectivity index (χ1) is 16.2. The van der Waals surface area contributed by atoms with Crippen LogP contribution < -0.4 is 0 Å². The lowest BCUT2D eigenvalue weighted by Crippen LogP contribution is -2.22. The van der Waals surface area contributed by atoms with E-state index in [9.17, 15) is 9.90 Å². The minimum absolute atomic E-state index is 0.150. The van der Waals surface area contributed by atoms with E-state index in [1.165, 1.54) is 12.8 Å². The third-order valence-corrected chi connectivity index (χ3v) is 6.82. The standard InChI is InChI=1S/C29H30N2O2/c32-29(33)28-27(26(22-12-3-1-4-13-22)23-14-5-2-6-15-23)24-16-7-8-17-25(24)31(28)21-11-20-30-18-9-10-19-30/h1-8,12-17,26H,9-11,18-21H2,(H,32,33). The van der Waals surface area contributed by atoms with Crippen molar-refractivity contribution in [3.63, 3.8) is 0 Å². The predicted molar refractivity (Wildman–Crippen MR) is 133 cm³/mol. The van der Waals surface area contributed by atoms with Gasteiger partial charge in [0.25, 0.3) is 0 Å². The first-order valence-corrected chi connectivity index (χ1v) is 11.9. The van der Waals surface area contributed by atoms with Gasteiger partial charge in [-0.2, -0.15) is 0 Å². The van der Waals surface area contributed by atoms with E-state index in [4.69, 9.17) is 0 Å². The van der Waals surface area contributed by atoms with Crippen LogP contribution in [0.4, 0.5) is 0 Å². The van der Waals surface area contributed by atoms with Gasteiger partial charge in [0.2, 0.25) is 0 Å². The van der Waals surface area contributed by atoms with Crippen LogP contribution in [0.5, 0.6) is 0 Å². The number of carboxylic acid groups (broad SMARTS) is 1. The summed E-state index contributed by atoms with van der Waals surface area (Å²) in [6.07, 6.45) is 3.49. The quantitative estimate of drug-likeness (QED) is 0.367. The molecule has 4 aromatic rings. The van der Waals surface area contributed by atoms with Gasteiger partial charge in [0.15, 0.2) is 0 Å². The fourth-order valence-corrected chi connectivity index (χ4v) is 5.36. The van der Waals surface area contributed by atoms with Gasteiger partial charge in [-0.05, 0) is 56.1 Å². The highest BCUT2D eigenvalue weighted by Crippen LogP contribution is 2.40. The maximum atomic E-state index is 12.8. The lowest BCUT2D eigenvalue weighted by atomic mass is 9.83. The molecule has 1 fully saturated rings. The highest BCUT2D eigenvalue weighted by atomic mass is 16.4. The van der Waals surface area contributed by atoms with Crippen LogP contribution in [0, 0.1) is 0 Å². The number of para-hydroxylation sites is 1. The molecule has 0 radical (unpaired) electrons. The second-order valence-electron chi connectivity index (χ2n) is 8.89. The molecular formula is C29H30N2O2. The van der Waals surface area contributed by atoms with Crippen molar-refractivity contribution in [1.29, 1.82) is 0 Å². The second kappa shape index (κ2) is 9.63. The summed E-state index contributed by atoms with van der Waals surface area (Å²) < 4.78 is 2.04. The average molecular weight is 439 g/mol. The van der Waals surface area contributed by atoms with Crippen molar-refractivity contribution in [2.75, 3.05) is 19.6 Å². The fraction of sp³-hybridized carbons (Fsp3) is 0.276. The number of aromatic carboxylic acids is 1. The monoisotopic (exact) mass is 438 g/mol. The Bertz CT molecular complexity index is 1190. The van der Waals surface area contributed by atoms with Gasteiger partial charge in [-0.15, -0.1) is 0 Å². The number of aromatic nitrogens is 1. The van der Waals surface area contributed by atoms with Crippen LogP contribution in [0.15, 0.2) is 84.9 Å². The summed E-state index contributed by atoms with van der Waals surface area (Å²) in [5, 5.41) is 11.5. The van der Waals surface area contributed by atoms with E-state index in [1.807, 2.05) is 53.1 Å². The van der Waals surface area contributed by atoms with E-state index >= 15 is 0 Å². The normalized spacial score (nSPS) is 14.3. The maximum absolute atomic E-state index is 12.8. The maximum Gasteiger partial charge on any atom is 0.352 e. The molecule has 4 heteroatoms. The van der Waals surface area contributed by atoms with E-state index in [0.29, 0.717) is 12.2 Å². The molecule has 1 saturated heterocycles. The van der Waals surface area contributed by atoms with Crippen LogP contribution in [0.2, 0.25) is 0 Å². The Hall–Kier alpha value is -3.37. The Balaban J connectivity index is 1.66. The lowest BCUT2D eigenvalue weighted by Gasteiger charge is -2.20. The topological polar surface area (TPSA) is 45.5 Å². The molecule has 168 valence electrons. The smallest absolute Gasteiger partial charge is 0.352 e. The van der Waals surface area contributed by atoms with E-state index in [0.717, 1.165) is 53.6 Å². The molecule has 5 rings (SSSR count). The Morgan fingerprint density at radius 1 is 0.788 bits per heavy atom. The molecule has 1 aromatic heterocycles. The molecular weight excluding hydrogens is 408 g/mol. The first kappa shape index (κ1) is 21.5. The van der Waals surface area contributed by atoms with Gasteiger partial charge < -0.3 is 14.6 Å². The molecule has 0 unspecified atom stereocenters. The van der Waals surface area contributed by atoms with Crippen molar-refractivity contribution >= 4 is 16.9 Å². The largest absolute Gasteiger partial charge is 0.477 e. The van der Waals surface area contributed by atoms with Crippen molar-refractivity contribution in [3.05, 3.63) is 107 Å². The van der Waals surface area contributed by atoms with E-state index in [1.54, 1.807) is 0 Å². The van der Waals surface area contributed by atoms with Gasteiger partial charge in [0.05, 0.1) is 0 Å². The van der Waals surface area contributed by atoms with Gasteiger partial charge in [0.1, 0.15) is 5.69 Å². The van der Waals surface area contributed by atoms with Gasteiger partial charge >= 0.3 is 5.97 Å². The average Bonchev–Trinajstić information content (AvgIpc) is 3.48. The molecule has 0 amide bonds. The lowest BCUT2D eigenvalue weighted by molar-refractivity contribution is 0.0684. The summed E-state index contributed by atoms with van der Waals surface area (Å²) in [7, 11) is 0.